The third kappa shape index (κ3) is 4.62. The van der Waals surface area contributed by atoms with Crippen molar-refractivity contribution < 1.29 is 22.7 Å². The highest BCUT2D eigenvalue weighted by Crippen LogP contribution is 2.41. The molecule has 1 saturated heterocycles. The number of amides is 1. The molecule has 8 nitrogen and oxygen atoms in total. The van der Waals surface area contributed by atoms with Gasteiger partial charge in [-0.25, -0.2) is 14.8 Å². The summed E-state index contributed by atoms with van der Waals surface area (Å²) in [6, 6.07) is 3.31. The average Bonchev–Trinajstić information content (AvgIpc) is 3.23. The summed E-state index contributed by atoms with van der Waals surface area (Å²) in [4.78, 5) is 24.4. The molecule has 1 atom stereocenters. The highest BCUT2D eigenvalue weighted by atomic mass is 79.9. The normalized spacial score (nSPS) is 16.6. The summed E-state index contributed by atoms with van der Waals surface area (Å²) >= 11 is 3.45. The fourth-order valence-electron chi connectivity index (χ4n) is 3.86. The molecular formula is C21H22BrF3N6O2. The third-order valence-electron chi connectivity index (χ3n) is 5.56. The van der Waals surface area contributed by atoms with E-state index in [0.29, 0.717) is 27.6 Å². The summed E-state index contributed by atoms with van der Waals surface area (Å²) < 4.78 is 46.7. The SMILES string of the molecule is COC(=O)N(C)c1ccc2c(-c3nc(N[C@H]4CCCNC4)ncc3C(F)(F)F)c[nH]c2c1Br. The molecule has 4 rings (SSSR count). The first kappa shape index (κ1) is 23.3. The number of H-pyrrole nitrogens is 1. The molecule has 0 saturated carbocycles. The summed E-state index contributed by atoms with van der Waals surface area (Å²) in [5.41, 5.74) is 0.140. The molecule has 0 spiro atoms. The second-order valence-electron chi connectivity index (χ2n) is 7.69. The van der Waals surface area contributed by atoms with E-state index in [1.807, 2.05) is 0 Å². The molecule has 0 bridgehead atoms. The van der Waals surface area contributed by atoms with E-state index in [2.05, 4.69) is 41.5 Å². The van der Waals surface area contributed by atoms with Crippen molar-refractivity contribution in [2.75, 3.05) is 37.5 Å². The minimum Gasteiger partial charge on any atom is -0.452 e. The van der Waals surface area contributed by atoms with Crippen molar-refractivity contribution >= 4 is 44.6 Å². The van der Waals surface area contributed by atoms with E-state index in [1.54, 1.807) is 12.1 Å². The summed E-state index contributed by atoms with van der Waals surface area (Å²) in [7, 11) is 2.80. The van der Waals surface area contributed by atoms with Gasteiger partial charge in [-0.05, 0) is 47.4 Å². The van der Waals surface area contributed by atoms with Gasteiger partial charge in [-0.1, -0.05) is 0 Å². The van der Waals surface area contributed by atoms with E-state index < -0.39 is 17.8 Å². The number of nitrogens with one attached hydrogen (secondary N) is 3. The molecule has 1 aromatic carbocycles. The van der Waals surface area contributed by atoms with Crippen LogP contribution in [0.2, 0.25) is 0 Å². The Balaban J connectivity index is 1.79. The molecule has 2 aromatic heterocycles. The van der Waals surface area contributed by atoms with Crippen LogP contribution in [-0.2, 0) is 10.9 Å². The van der Waals surface area contributed by atoms with Crippen molar-refractivity contribution in [3.63, 3.8) is 0 Å². The maximum atomic E-state index is 13.8. The lowest BCUT2D eigenvalue weighted by atomic mass is 10.1. The fourth-order valence-corrected chi connectivity index (χ4v) is 4.59. The number of methoxy groups -OCH3 is 1. The first-order valence-corrected chi connectivity index (χ1v) is 11.0. The van der Waals surface area contributed by atoms with E-state index in [0.717, 1.165) is 25.6 Å². The van der Waals surface area contributed by atoms with Gasteiger partial charge >= 0.3 is 12.3 Å². The zero-order valence-corrected chi connectivity index (χ0v) is 19.5. The van der Waals surface area contributed by atoms with Crippen LogP contribution in [0.4, 0.5) is 29.6 Å². The summed E-state index contributed by atoms with van der Waals surface area (Å²) in [6.07, 6.45) is -1.08. The fraction of sp³-hybridized carbons (Fsp3) is 0.381. The number of benzene rings is 1. The predicted octanol–water partition coefficient (Wildman–Crippen LogP) is 4.77. The zero-order chi connectivity index (χ0) is 23.8. The lowest BCUT2D eigenvalue weighted by Crippen LogP contribution is -2.38. The molecule has 1 fully saturated rings. The molecule has 0 radical (unpaired) electrons. The largest absolute Gasteiger partial charge is 0.452 e. The molecule has 12 heteroatoms. The number of piperidine rings is 1. The van der Waals surface area contributed by atoms with Gasteiger partial charge in [0.2, 0.25) is 5.95 Å². The summed E-state index contributed by atoms with van der Waals surface area (Å²) in [6.45, 7) is 1.60. The molecular weight excluding hydrogens is 505 g/mol. The molecule has 1 amide bonds. The zero-order valence-electron chi connectivity index (χ0n) is 17.9. The maximum Gasteiger partial charge on any atom is 0.419 e. The van der Waals surface area contributed by atoms with Gasteiger partial charge < -0.3 is 20.4 Å². The minimum atomic E-state index is -4.63. The van der Waals surface area contributed by atoms with Crippen LogP contribution in [0.3, 0.4) is 0 Å². The number of carbonyl (C=O) groups excluding carboxylic acids is 1. The van der Waals surface area contributed by atoms with Gasteiger partial charge in [0.15, 0.2) is 0 Å². The van der Waals surface area contributed by atoms with E-state index in [9.17, 15) is 18.0 Å². The number of nitrogens with zero attached hydrogens (tertiary/aromatic N) is 3. The van der Waals surface area contributed by atoms with Crippen molar-refractivity contribution in [1.82, 2.24) is 20.3 Å². The number of ether oxygens (including phenoxy) is 1. The number of aromatic amines is 1. The Hall–Kier alpha value is -2.86. The van der Waals surface area contributed by atoms with Crippen LogP contribution in [0.15, 0.2) is 29.0 Å². The number of hydrogen-bond donors (Lipinski definition) is 3. The van der Waals surface area contributed by atoms with Crippen molar-refractivity contribution in [2.24, 2.45) is 0 Å². The number of anilines is 2. The highest BCUT2D eigenvalue weighted by Gasteiger charge is 2.36. The van der Waals surface area contributed by atoms with Gasteiger partial charge in [0.1, 0.15) is 5.56 Å². The molecule has 3 aromatic rings. The smallest absolute Gasteiger partial charge is 0.419 e. The van der Waals surface area contributed by atoms with Crippen LogP contribution < -0.4 is 15.5 Å². The third-order valence-corrected chi connectivity index (χ3v) is 6.36. The Kier molecular flexibility index (Phi) is 6.48. The number of halogens is 4. The van der Waals surface area contributed by atoms with Crippen LogP contribution >= 0.6 is 15.9 Å². The molecule has 3 N–H and O–H groups in total. The standard InChI is InChI=1S/C21H22BrF3N6O2/c1-31(20(32)33-2)15-6-5-12-13(9-27-18(12)16(15)22)17-14(21(23,24)25)10-28-19(30-17)29-11-4-3-7-26-8-11/h5-6,9-11,26-27H,3-4,7-8H2,1-2H3,(H,28,29,30)/t11-/m0/s1. The molecule has 33 heavy (non-hydrogen) atoms. The van der Waals surface area contributed by atoms with Gasteiger partial charge in [-0.3, -0.25) is 4.90 Å². The Morgan fingerprint density at radius 2 is 2.15 bits per heavy atom. The Labute approximate surface area is 196 Å². The Morgan fingerprint density at radius 1 is 1.36 bits per heavy atom. The van der Waals surface area contributed by atoms with Crippen LogP contribution in [-0.4, -0.2) is 54.3 Å². The van der Waals surface area contributed by atoms with Gasteiger partial charge in [0.25, 0.3) is 0 Å². The number of aromatic nitrogens is 3. The molecule has 1 aliphatic heterocycles. The second-order valence-corrected chi connectivity index (χ2v) is 8.49. The van der Waals surface area contributed by atoms with E-state index in [4.69, 9.17) is 4.74 Å². The monoisotopic (exact) mass is 526 g/mol. The summed E-state index contributed by atoms with van der Waals surface area (Å²) in [5.74, 6) is 0.141. The van der Waals surface area contributed by atoms with Crippen molar-refractivity contribution in [3.05, 3.63) is 34.6 Å². The second kappa shape index (κ2) is 9.18. The predicted molar refractivity (Wildman–Crippen MR) is 122 cm³/mol. The molecule has 0 aliphatic carbocycles. The average molecular weight is 527 g/mol. The first-order chi connectivity index (χ1) is 15.7. The van der Waals surface area contributed by atoms with Gasteiger partial charge in [-0.15, -0.1) is 0 Å². The van der Waals surface area contributed by atoms with Gasteiger partial charge in [0.05, 0.1) is 28.5 Å². The van der Waals surface area contributed by atoms with Crippen LogP contribution in [0, 0.1) is 0 Å². The summed E-state index contributed by atoms with van der Waals surface area (Å²) in [5, 5.41) is 6.89. The number of hydrogen-bond acceptors (Lipinski definition) is 6. The van der Waals surface area contributed by atoms with Crippen molar-refractivity contribution in [1.29, 1.82) is 0 Å². The van der Waals surface area contributed by atoms with Crippen LogP contribution in [0.5, 0.6) is 0 Å². The van der Waals surface area contributed by atoms with Gasteiger partial charge in [-0.2, -0.15) is 13.2 Å². The van der Waals surface area contributed by atoms with E-state index in [1.165, 1.54) is 25.3 Å². The highest BCUT2D eigenvalue weighted by molar-refractivity contribution is 9.10. The topological polar surface area (TPSA) is 95.2 Å². The van der Waals surface area contributed by atoms with Gasteiger partial charge in [0, 0.05) is 43.0 Å². The lowest BCUT2D eigenvalue weighted by molar-refractivity contribution is -0.137. The number of alkyl halides is 3. The number of rotatable bonds is 4. The molecule has 3 heterocycles. The maximum absolute atomic E-state index is 13.8. The number of carbonyl (C=O) groups is 1. The Bertz CT molecular complexity index is 1180. The van der Waals surface area contributed by atoms with Crippen LogP contribution in [0.25, 0.3) is 22.2 Å². The molecule has 0 unspecified atom stereocenters. The molecule has 1 aliphatic rings. The first-order valence-electron chi connectivity index (χ1n) is 10.2. The minimum absolute atomic E-state index is 0.0388. The molecule has 176 valence electrons. The quantitative estimate of drug-likeness (QED) is 0.453. The van der Waals surface area contributed by atoms with Crippen molar-refractivity contribution in [2.45, 2.75) is 25.1 Å². The van der Waals surface area contributed by atoms with E-state index >= 15 is 0 Å². The number of fused-ring (bicyclic) bond motifs is 1. The van der Waals surface area contributed by atoms with Crippen LogP contribution in [0.1, 0.15) is 18.4 Å². The lowest BCUT2D eigenvalue weighted by Gasteiger charge is -2.24. The van der Waals surface area contributed by atoms with Crippen molar-refractivity contribution in [3.8, 4) is 11.3 Å². The Morgan fingerprint density at radius 3 is 2.82 bits per heavy atom. The van der Waals surface area contributed by atoms with E-state index in [-0.39, 0.29) is 23.2 Å².